The lowest BCUT2D eigenvalue weighted by atomic mass is 10.3. The minimum atomic E-state index is 0.452. The van der Waals surface area contributed by atoms with Gasteiger partial charge in [-0.1, -0.05) is 35.0 Å². The summed E-state index contributed by atoms with van der Waals surface area (Å²) in [5.74, 6) is 1.77. The van der Waals surface area contributed by atoms with Gasteiger partial charge in [0.05, 0.1) is 28.8 Å². The third-order valence-electron chi connectivity index (χ3n) is 2.91. The molecular formula is C15H13Cl2N3O2S2. The Kier molecular flexibility index (Phi) is 5.99. The van der Waals surface area contributed by atoms with Crippen molar-refractivity contribution >= 4 is 46.3 Å². The van der Waals surface area contributed by atoms with E-state index in [4.69, 9.17) is 32.4 Å². The average molecular weight is 402 g/mol. The molecule has 126 valence electrons. The van der Waals surface area contributed by atoms with E-state index in [2.05, 4.69) is 15.2 Å². The van der Waals surface area contributed by atoms with E-state index in [-0.39, 0.29) is 0 Å². The van der Waals surface area contributed by atoms with E-state index in [0.717, 1.165) is 10.7 Å². The Hall–Kier alpha value is -1.28. The molecular weight excluding hydrogens is 389 g/mol. The molecule has 1 aromatic carbocycles. The van der Waals surface area contributed by atoms with Gasteiger partial charge in [0, 0.05) is 22.2 Å². The number of halogens is 2. The highest BCUT2D eigenvalue weighted by Gasteiger charge is 2.10. The van der Waals surface area contributed by atoms with Crippen LogP contribution in [0.15, 0.2) is 33.2 Å². The summed E-state index contributed by atoms with van der Waals surface area (Å²) in [6, 6.07) is 5.11. The number of hydrogen-bond donors (Lipinski definition) is 0. The smallest absolute Gasteiger partial charge is 0.276 e. The summed E-state index contributed by atoms with van der Waals surface area (Å²) in [6.45, 7) is 2.42. The molecule has 3 aromatic rings. The number of thiazole rings is 1. The molecule has 0 unspecified atom stereocenters. The molecule has 9 heteroatoms. The number of ether oxygens (including phenoxy) is 1. The molecule has 0 aliphatic heterocycles. The Morgan fingerprint density at radius 3 is 2.96 bits per heavy atom. The molecule has 0 amide bonds. The minimum Gasteiger partial charge on any atom is -0.491 e. The molecule has 0 spiro atoms. The number of hydrogen-bond acceptors (Lipinski definition) is 7. The zero-order valence-electron chi connectivity index (χ0n) is 12.7. The molecule has 2 aromatic heterocycles. The molecule has 0 aliphatic carbocycles. The minimum absolute atomic E-state index is 0.452. The first kappa shape index (κ1) is 17.5. The second-order valence-electron chi connectivity index (χ2n) is 4.77. The lowest BCUT2D eigenvalue weighted by Crippen LogP contribution is -2.00. The summed E-state index contributed by atoms with van der Waals surface area (Å²) in [7, 11) is 0. The molecule has 0 atom stereocenters. The van der Waals surface area contributed by atoms with Crippen LogP contribution in [-0.4, -0.2) is 27.5 Å². The summed E-state index contributed by atoms with van der Waals surface area (Å²) >= 11 is 15.0. The molecule has 24 heavy (non-hydrogen) atoms. The fourth-order valence-corrected chi connectivity index (χ4v) is 3.42. The van der Waals surface area contributed by atoms with Crippen LogP contribution in [-0.2, 0) is 6.42 Å². The molecule has 0 bridgehead atoms. The maximum Gasteiger partial charge on any atom is 0.276 e. The van der Waals surface area contributed by atoms with Crippen LogP contribution in [0.3, 0.4) is 0 Å². The van der Waals surface area contributed by atoms with Gasteiger partial charge in [-0.25, -0.2) is 4.98 Å². The lowest BCUT2D eigenvalue weighted by Gasteiger charge is -2.07. The molecule has 0 radical (unpaired) electrons. The Bertz CT molecular complexity index is 823. The third-order valence-corrected chi connectivity index (χ3v) is 5.06. The van der Waals surface area contributed by atoms with Gasteiger partial charge in [0.15, 0.2) is 0 Å². The van der Waals surface area contributed by atoms with Crippen molar-refractivity contribution in [3.8, 4) is 5.75 Å². The number of aryl methyl sites for hydroxylation is 1. The van der Waals surface area contributed by atoms with E-state index < -0.39 is 0 Å². The molecule has 0 N–H and O–H groups in total. The Morgan fingerprint density at radius 2 is 2.17 bits per heavy atom. The third kappa shape index (κ3) is 4.86. The van der Waals surface area contributed by atoms with E-state index in [0.29, 0.717) is 45.7 Å². The number of aromatic nitrogens is 3. The first-order valence-electron chi connectivity index (χ1n) is 7.04. The van der Waals surface area contributed by atoms with Crippen LogP contribution in [0.4, 0.5) is 0 Å². The maximum absolute atomic E-state index is 6.04. The lowest BCUT2D eigenvalue weighted by molar-refractivity contribution is 0.343. The second-order valence-corrected chi connectivity index (χ2v) is 7.72. The van der Waals surface area contributed by atoms with Gasteiger partial charge in [0.2, 0.25) is 5.89 Å². The zero-order chi connectivity index (χ0) is 16.9. The first-order valence-corrected chi connectivity index (χ1v) is 9.66. The zero-order valence-corrected chi connectivity index (χ0v) is 15.8. The maximum atomic E-state index is 6.04. The van der Waals surface area contributed by atoms with Crippen molar-refractivity contribution < 1.29 is 9.15 Å². The summed E-state index contributed by atoms with van der Waals surface area (Å²) in [4.78, 5) is 4.38. The fraction of sp³-hybridized carbons (Fsp3) is 0.267. The topological polar surface area (TPSA) is 61.0 Å². The van der Waals surface area contributed by atoms with Gasteiger partial charge in [-0.2, -0.15) is 0 Å². The average Bonchev–Trinajstić information content (AvgIpc) is 3.16. The number of rotatable bonds is 7. The second kappa shape index (κ2) is 8.20. The monoisotopic (exact) mass is 401 g/mol. The van der Waals surface area contributed by atoms with E-state index in [1.54, 1.807) is 29.5 Å². The molecule has 0 saturated heterocycles. The van der Waals surface area contributed by atoms with Gasteiger partial charge in [-0.3, -0.25) is 0 Å². The van der Waals surface area contributed by atoms with Crippen LogP contribution in [0.1, 0.15) is 16.6 Å². The van der Waals surface area contributed by atoms with E-state index in [9.17, 15) is 0 Å². The van der Waals surface area contributed by atoms with Crippen LogP contribution in [0.5, 0.6) is 5.75 Å². The molecule has 0 aliphatic rings. The van der Waals surface area contributed by atoms with Gasteiger partial charge < -0.3 is 9.15 Å². The first-order chi connectivity index (χ1) is 11.6. The SMILES string of the molecule is Cc1nc(Cc2nnc(SCCOc3cc(Cl)ccc3Cl)o2)cs1. The van der Waals surface area contributed by atoms with Crippen molar-refractivity contribution in [2.24, 2.45) is 0 Å². The highest BCUT2D eigenvalue weighted by Crippen LogP contribution is 2.28. The normalized spacial score (nSPS) is 11.0. The summed E-state index contributed by atoms with van der Waals surface area (Å²) < 4.78 is 11.2. The largest absolute Gasteiger partial charge is 0.491 e. The van der Waals surface area contributed by atoms with E-state index in [1.807, 2.05) is 12.3 Å². The Balaban J connectivity index is 1.46. The van der Waals surface area contributed by atoms with Gasteiger partial charge in [0.25, 0.3) is 5.22 Å². The highest BCUT2D eigenvalue weighted by molar-refractivity contribution is 7.99. The highest BCUT2D eigenvalue weighted by atomic mass is 35.5. The summed E-state index contributed by atoms with van der Waals surface area (Å²) in [5.41, 5.74) is 0.941. The van der Waals surface area contributed by atoms with Gasteiger partial charge in [-0.05, 0) is 19.1 Å². The van der Waals surface area contributed by atoms with E-state index in [1.165, 1.54) is 11.8 Å². The Labute approximate surface area is 157 Å². The quantitative estimate of drug-likeness (QED) is 0.414. The summed E-state index contributed by atoms with van der Waals surface area (Å²) in [5, 5.41) is 12.7. The molecule has 5 nitrogen and oxygen atoms in total. The molecule has 2 heterocycles. The van der Waals surface area contributed by atoms with Crippen molar-refractivity contribution in [2.45, 2.75) is 18.6 Å². The fourth-order valence-electron chi connectivity index (χ4n) is 1.88. The van der Waals surface area contributed by atoms with Crippen molar-refractivity contribution in [3.05, 3.63) is 50.2 Å². The van der Waals surface area contributed by atoms with Gasteiger partial charge >= 0.3 is 0 Å². The number of thioether (sulfide) groups is 1. The Morgan fingerprint density at radius 1 is 1.29 bits per heavy atom. The number of nitrogens with zero attached hydrogens (tertiary/aromatic N) is 3. The predicted octanol–water partition coefficient (Wildman–Crippen LogP) is 4.90. The van der Waals surface area contributed by atoms with Crippen LogP contribution in [0.25, 0.3) is 0 Å². The van der Waals surface area contributed by atoms with Gasteiger partial charge in [-0.15, -0.1) is 21.5 Å². The van der Waals surface area contributed by atoms with Crippen LogP contribution in [0.2, 0.25) is 10.0 Å². The van der Waals surface area contributed by atoms with Crippen molar-refractivity contribution in [3.63, 3.8) is 0 Å². The van der Waals surface area contributed by atoms with Crippen LogP contribution >= 0.6 is 46.3 Å². The van der Waals surface area contributed by atoms with Crippen LogP contribution < -0.4 is 4.74 Å². The molecule has 0 fully saturated rings. The number of benzene rings is 1. The van der Waals surface area contributed by atoms with Crippen molar-refractivity contribution in [2.75, 3.05) is 12.4 Å². The predicted molar refractivity (Wildman–Crippen MR) is 96.6 cm³/mol. The van der Waals surface area contributed by atoms with Crippen molar-refractivity contribution in [1.82, 2.24) is 15.2 Å². The van der Waals surface area contributed by atoms with Crippen molar-refractivity contribution in [1.29, 1.82) is 0 Å². The molecule has 3 rings (SSSR count). The van der Waals surface area contributed by atoms with E-state index >= 15 is 0 Å². The van der Waals surface area contributed by atoms with Crippen LogP contribution in [0, 0.1) is 6.92 Å². The molecule has 0 saturated carbocycles. The summed E-state index contributed by atoms with van der Waals surface area (Å²) in [6.07, 6.45) is 0.548. The van der Waals surface area contributed by atoms with Gasteiger partial charge in [0.1, 0.15) is 5.75 Å². The standard InChI is InChI=1S/C15H13Cl2N3O2S2/c1-9-18-11(8-24-9)7-14-19-20-15(22-14)23-5-4-21-13-6-10(16)2-3-12(13)17/h2-3,6,8H,4-5,7H2,1H3.